The van der Waals surface area contributed by atoms with Crippen molar-refractivity contribution < 1.29 is 9.53 Å². The molecule has 2 nitrogen and oxygen atoms in total. The van der Waals surface area contributed by atoms with Gasteiger partial charge in [0, 0.05) is 15.4 Å². The molecule has 0 spiro atoms. The minimum absolute atomic E-state index is 0.618. The molecule has 0 aliphatic heterocycles. The van der Waals surface area contributed by atoms with Crippen molar-refractivity contribution in [3.05, 3.63) is 28.2 Å². The van der Waals surface area contributed by atoms with E-state index < -0.39 is 0 Å². The van der Waals surface area contributed by atoms with Crippen molar-refractivity contribution in [3.63, 3.8) is 0 Å². The minimum Gasteiger partial charge on any atom is -0.493 e. The number of hydrogen-bond acceptors (Lipinski definition) is 2. The van der Waals surface area contributed by atoms with E-state index in [1.165, 1.54) is 0 Å². The average Bonchev–Trinajstić information content (AvgIpc) is 2.15. The van der Waals surface area contributed by atoms with Crippen molar-refractivity contribution in [1.29, 1.82) is 0 Å². The van der Waals surface area contributed by atoms with Crippen LogP contribution in [0.4, 0.5) is 0 Å². The molecule has 0 aromatic heterocycles. The van der Waals surface area contributed by atoms with Gasteiger partial charge >= 0.3 is 0 Å². The predicted molar refractivity (Wildman–Crippen MR) is 58.8 cm³/mol. The zero-order chi connectivity index (χ0) is 9.68. The highest BCUT2D eigenvalue weighted by molar-refractivity contribution is 9.10. The van der Waals surface area contributed by atoms with Crippen molar-refractivity contribution in [2.75, 3.05) is 11.9 Å². The number of halogens is 2. The summed E-state index contributed by atoms with van der Waals surface area (Å²) >= 11 is 6.54. The van der Waals surface area contributed by atoms with Crippen LogP contribution >= 0.6 is 31.9 Å². The second-order valence-corrected chi connectivity index (χ2v) is 3.99. The van der Waals surface area contributed by atoms with Gasteiger partial charge in [-0.3, -0.25) is 4.79 Å². The molecule has 0 fully saturated rings. The quantitative estimate of drug-likeness (QED) is 0.631. The molecule has 0 unspecified atom stereocenters. The van der Waals surface area contributed by atoms with Gasteiger partial charge in [-0.1, -0.05) is 15.9 Å². The first kappa shape index (κ1) is 10.7. The van der Waals surface area contributed by atoms with E-state index in [0.717, 1.165) is 21.8 Å². The molecule has 0 radical (unpaired) electrons. The summed E-state index contributed by atoms with van der Waals surface area (Å²) in [6.07, 6.45) is 0.804. The summed E-state index contributed by atoms with van der Waals surface area (Å²) in [6, 6.07) is 5.28. The third-order valence-corrected chi connectivity index (χ3v) is 2.46. The number of rotatable bonds is 4. The van der Waals surface area contributed by atoms with Gasteiger partial charge in [-0.25, -0.2) is 0 Å². The van der Waals surface area contributed by atoms with Gasteiger partial charge in [0.15, 0.2) is 6.29 Å². The molecule has 70 valence electrons. The van der Waals surface area contributed by atoms with Gasteiger partial charge in [0.2, 0.25) is 0 Å². The maximum Gasteiger partial charge on any atom is 0.151 e. The monoisotopic (exact) mass is 306 g/mol. The maximum absolute atomic E-state index is 10.5. The molecule has 0 amide bonds. The number of carbonyl (C=O) groups excluding carboxylic acids is 1. The Bertz CT molecular complexity index is 300. The van der Waals surface area contributed by atoms with Crippen LogP contribution in [0.5, 0.6) is 5.75 Å². The highest BCUT2D eigenvalue weighted by atomic mass is 79.9. The third-order valence-electron chi connectivity index (χ3n) is 1.44. The molecule has 13 heavy (non-hydrogen) atoms. The van der Waals surface area contributed by atoms with E-state index in [9.17, 15) is 4.79 Å². The Hall–Kier alpha value is -0.350. The number of carbonyl (C=O) groups is 1. The van der Waals surface area contributed by atoms with Crippen LogP contribution < -0.4 is 4.74 Å². The van der Waals surface area contributed by atoms with Crippen molar-refractivity contribution in [3.8, 4) is 5.75 Å². The Balaban J connectivity index is 2.77. The molecule has 0 aliphatic carbocycles. The molecule has 0 heterocycles. The zero-order valence-electron chi connectivity index (χ0n) is 6.80. The first-order chi connectivity index (χ1) is 6.27. The van der Waals surface area contributed by atoms with E-state index in [0.29, 0.717) is 12.2 Å². The number of aldehydes is 1. The van der Waals surface area contributed by atoms with Crippen LogP contribution in [-0.4, -0.2) is 18.2 Å². The lowest BCUT2D eigenvalue weighted by Crippen LogP contribution is -1.97. The average molecular weight is 308 g/mol. The zero-order valence-corrected chi connectivity index (χ0v) is 9.97. The second-order valence-electron chi connectivity index (χ2n) is 2.34. The summed E-state index contributed by atoms with van der Waals surface area (Å²) in [6.45, 7) is 0.618. The molecule has 0 bridgehead atoms. The van der Waals surface area contributed by atoms with Crippen molar-refractivity contribution in [1.82, 2.24) is 0 Å². The second kappa shape index (κ2) is 5.40. The highest BCUT2D eigenvalue weighted by Gasteiger charge is 2.00. The number of benzene rings is 1. The van der Waals surface area contributed by atoms with Crippen molar-refractivity contribution in [2.24, 2.45) is 0 Å². The van der Waals surface area contributed by atoms with Gasteiger partial charge in [0.25, 0.3) is 0 Å². The summed E-state index contributed by atoms with van der Waals surface area (Å²) in [5.41, 5.74) is 0.631. The molecule has 4 heteroatoms. The first-order valence-electron chi connectivity index (χ1n) is 3.71. The normalized spacial score (nSPS) is 9.69. The fraction of sp³-hybridized carbons (Fsp3) is 0.222. The first-order valence-corrected chi connectivity index (χ1v) is 5.63. The van der Waals surface area contributed by atoms with E-state index in [-0.39, 0.29) is 0 Å². The van der Waals surface area contributed by atoms with E-state index in [1.807, 2.05) is 0 Å². The SMILES string of the molecule is O=Cc1ccc(OCCBr)cc1Br. The van der Waals surface area contributed by atoms with E-state index in [2.05, 4.69) is 31.9 Å². The Morgan fingerprint density at radius 3 is 2.77 bits per heavy atom. The largest absolute Gasteiger partial charge is 0.493 e. The van der Waals surface area contributed by atoms with Gasteiger partial charge in [-0.15, -0.1) is 0 Å². The lowest BCUT2D eigenvalue weighted by atomic mass is 10.2. The van der Waals surface area contributed by atoms with Gasteiger partial charge in [0.1, 0.15) is 5.75 Å². The summed E-state index contributed by atoms with van der Waals surface area (Å²) in [7, 11) is 0. The number of ether oxygens (including phenoxy) is 1. The Morgan fingerprint density at radius 1 is 1.46 bits per heavy atom. The fourth-order valence-electron chi connectivity index (χ4n) is 0.850. The number of hydrogen-bond donors (Lipinski definition) is 0. The van der Waals surface area contributed by atoms with Crippen LogP contribution in [0, 0.1) is 0 Å². The lowest BCUT2D eigenvalue weighted by molar-refractivity contribution is 0.112. The molecular weight excluding hydrogens is 300 g/mol. The molecule has 0 saturated heterocycles. The van der Waals surface area contributed by atoms with Crippen molar-refractivity contribution in [2.45, 2.75) is 0 Å². The molecule has 1 aromatic carbocycles. The standard InChI is InChI=1S/C9H8Br2O2/c10-3-4-13-8-2-1-7(6-12)9(11)5-8/h1-2,5-6H,3-4H2. The smallest absolute Gasteiger partial charge is 0.151 e. The van der Waals surface area contributed by atoms with Gasteiger partial charge in [-0.2, -0.15) is 0 Å². The Morgan fingerprint density at radius 2 is 2.23 bits per heavy atom. The van der Waals surface area contributed by atoms with Crippen LogP contribution in [0.25, 0.3) is 0 Å². The molecule has 0 saturated carbocycles. The summed E-state index contributed by atoms with van der Waals surface area (Å²) in [5, 5.41) is 0.792. The lowest BCUT2D eigenvalue weighted by Gasteiger charge is -2.04. The van der Waals surface area contributed by atoms with Crippen LogP contribution in [-0.2, 0) is 0 Å². The molecule has 0 aliphatic rings. The molecular formula is C9H8Br2O2. The summed E-state index contributed by atoms with van der Waals surface area (Å²) in [5.74, 6) is 0.761. The minimum atomic E-state index is 0.618. The summed E-state index contributed by atoms with van der Waals surface area (Å²) < 4.78 is 6.10. The Kier molecular flexibility index (Phi) is 4.45. The van der Waals surface area contributed by atoms with Gasteiger partial charge < -0.3 is 4.74 Å². The topological polar surface area (TPSA) is 26.3 Å². The highest BCUT2D eigenvalue weighted by Crippen LogP contribution is 2.21. The molecule has 0 atom stereocenters. The van der Waals surface area contributed by atoms with Crippen LogP contribution in [0.2, 0.25) is 0 Å². The van der Waals surface area contributed by atoms with Crippen LogP contribution in [0.3, 0.4) is 0 Å². The Labute approximate surface area is 93.5 Å². The van der Waals surface area contributed by atoms with Gasteiger partial charge in [0.05, 0.1) is 6.61 Å². The molecule has 1 rings (SSSR count). The van der Waals surface area contributed by atoms with E-state index in [1.54, 1.807) is 18.2 Å². The third kappa shape index (κ3) is 3.12. The summed E-state index contributed by atoms with van der Waals surface area (Å²) in [4.78, 5) is 10.5. The predicted octanol–water partition coefficient (Wildman–Crippen LogP) is 3.04. The van der Waals surface area contributed by atoms with Crippen molar-refractivity contribution >= 4 is 38.1 Å². The maximum atomic E-state index is 10.5. The van der Waals surface area contributed by atoms with Crippen LogP contribution in [0.15, 0.2) is 22.7 Å². The van der Waals surface area contributed by atoms with E-state index >= 15 is 0 Å². The van der Waals surface area contributed by atoms with Crippen LogP contribution in [0.1, 0.15) is 10.4 Å². The fourth-order valence-corrected chi connectivity index (χ4v) is 1.46. The molecule has 1 aromatic rings. The number of alkyl halides is 1. The molecule has 0 N–H and O–H groups in total. The van der Waals surface area contributed by atoms with Gasteiger partial charge in [-0.05, 0) is 34.1 Å². The van der Waals surface area contributed by atoms with E-state index in [4.69, 9.17) is 4.74 Å².